The summed E-state index contributed by atoms with van der Waals surface area (Å²) in [6.45, 7) is 9.62. The van der Waals surface area contributed by atoms with E-state index in [2.05, 4.69) is 200 Å². The van der Waals surface area contributed by atoms with Crippen LogP contribution in [0.5, 0.6) is 11.5 Å². The van der Waals surface area contributed by atoms with Gasteiger partial charge >= 0.3 is 0 Å². The molecular formula is C49H42N4O. The Morgan fingerprint density at radius 2 is 1.28 bits per heavy atom. The first-order chi connectivity index (χ1) is 26.3. The van der Waals surface area contributed by atoms with Crippen molar-refractivity contribution in [3.63, 3.8) is 0 Å². The first-order valence-electron chi connectivity index (χ1n) is 18.6. The Kier molecular flexibility index (Phi) is 8.27. The fourth-order valence-electron chi connectivity index (χ4n) is 7.59. The smallest absolute Gasteiger partial charge is 0.137 e. The minimum absolute atomic E-state index is 0.00737. The highest BCUT2D eigenvalue weighted by molar-refractivity contribution is 6.09. The Bertz CT molecular complexity index is 2670. The van der Waals surface area contributed by atoms with Gasteiger partial charge in [0, 0.05) is 52.9 Å². The molecule has 0 saturated carbocycles. The molecule has 54 heavy (non-hydrogen) atoms. The van der Waals surface area contributed by atoms with E-state index >= 15 is 0 Å². The van der Waals surface area contributed by atoms with Gasteiger partial charge in [-0.3, -0.25) is 4.57 Å². The maximum atomic E-state index is 6.61. The van der Waals surface area contributed by atoms with Crippen molar-refractivity contribution < 1.29 is 4.74 Å². The lowest BCUT2D eigenvalue weighted by molar-refractivity contribution is 0.483. The summed E-state index contributed by atoms with van der Waals surface area (Å²) in [7, 11) is 0. The van der Waals surface area contributed by atoms with E-state index in [0.717, 1.165) is 34.0 Å². The van der Waals surface area contributed by atoms with Crippen molar-refractivity contribution in [1.29, 1.82) is 0 Å². The third-order valence-corrected chi connectivity index (χ3v) is 10.5. The van der Waals surface area contributed by atoms with Gasteiger partial charge in [-0.05, 0) is 100 Å². The topological polar surface area (TPSA) is 33.5 Å². The molecule has 0 radical (unpaired) electrons. The van der Waals surface area contributed by atoms with Crippen LogP contribution in [0.1, 0.15) is 31.9 Å². The Balaban J connectivity index is 1.02. The standard InChI is InChI=1S/C49H42N4O/c1-34-44(36-16-9-6-10-17-36)28-37(35-14-7-5-8-15-35)29-46(34)52-27-26-51(33-52)39-18-13-19-40(31-39)54-41-22-23-43-42-20-11-12-21-45(42)53(47(43)32-41)48-30-38(24-25-50-48)49(2,3)4/h5-32H,33H2,1-4H3. The molecule has 2 aromatic heterocycles. The Morgan fingerprint density at radius 3 is 2.07 bits per heavy atom. The van der Waals surface area contributed by atoms with Crippen LogP contribution in [0.25, 0.3) is 49.9 Å². The molecule has 264 valence electrons. The highest BCUT2D eigenvalue weighted by Crippen LogP contribution is 2.39. The Labute approximate surface area is 317 Å². The molecule has 5 nitrogen and oxygen atoms in total. The van der Waals surface area contributed by atoms with Gasteiger partial charge in [0.1, 0.15) is 17.3 Å². The molecular weight excluding hydrogens is 661 g/mol. The molecule has 0 atom stereocenters. The van der Waals surface area contributed by atoms with E-state index < -0.39 is 0 Å². The molecule has 0 saturated heterocycles. The molecule has 0 bridgehead atoms. The lowest BCUT2D eigenvalue weighted by Crippen LogP contribution is -2.25. The van der Waals surface area contributed by atoms with E-state index in [1.807, 2.05) is 12.3 Å². The molecule has 0 amide bonds. The summed E-state index contributed by atoms with van der Waals surface area (Å²) in [6, 6.07) is 53.5. The monoisotopic (exact) mass is 702 g/mol. The summed E-state index contributed by atoms with van der Waals surface area (Å²) in [5, 5.41) is 2.36. The first-order valence-corrected chi connectivity index (χ1v) is 18.6. The second-order valence-electron chi connectivity index (χ2n) is 15.1. The normalized spacial score (nSPS) is 13.0. The van der Waals surface area contributed by atoms with E-state index in [1.165, 1.54) is 49.8 Å². The fourth-order valence-corrected chi connectivity index (χ4v) is 7.59. The quantitative estimate of drug-likeness (QED) is 0.166. The van der Waals surface area contributed by atoms with Gasteiger partial charge in [0.15, 0.2) is 0 Å². The number of hydrogen-bond acceptors (Lipinski definition) is 4. The highest BCUT2D eigenvalue weighted by atomic mass is 16.5. The van der Waals surface area contributed by atoms with Crippen LogP contribution in [0.2, 0.25) is 0 Å². The summed E-state index contributed by atoms with van der Waals surface area (Å²) < 4.78 is 8.87. The molecule has 3 heterocycles. The second kappa shape index (κ2) is 13.4. The number of ether oxygens (including phenoxy) is 1. The number of para-hydroxylation sites is 1. The lowest BCUT2D eigenvalue weighted by Gasteiger charge is -2.25. The number of aromatic nitrogens is 2. The van der Waals surface area contributed by atoms with Gasteiger partial charge in [0.25, 0.3) is 0 Å². The van der Waals surface area contributed by atoms with Gasteiger partial charge in [-0.15, -0.1) is 0 Å². The third kappa shape index (κ3) is 6.18. The summed E-state index contributed by atoms with van der Waals surface area (Å²) in [5.41, 5.74) is 11.8. The van der Waals surface area contributed by atoms with E-state index in [0.29, 0.717) is 6.67 Å². The minimum atomic E-state index is 0.00737. The number of fused-ring (bicyclic) bond motifs is 3. The van der Waals surface area contributed by atoms with Crippen LogP contribution in [0, 0.1) is 6.92 Å². The van der Waals surface area contributed by atoms with Crippen molar-refractivity contribution in [3.05, 3.63) is 181 Å². The summed E-state index contributed by atoms with van der Waals surface area (Å²) in [6.07, 6.45) is 6.24. The van der Waals surface area contributed by atoms with E-state index in [4.69, 9.17) is 9.72 Å². The summed E-state index contributed by atoms with van der Waals surface area (Å²) >= 11 is 0. The molecule has 8 aromatic rings. The van der Waals surface area contributed by atoms with Crippen molar-refractivity contribution in [2.45, 2.75) is 33.1 Å². The lowest BCUT2D eigenvalue weighted by atomic mass is 9.88. The molecule has 0 aliphatic carbocycles. The number of benzene rings is 6. The van der Waals surface area contributed by atoms with Crippen LogP contribution < -0.4 is 14.5 Å². The van der Waals surface area contributed by atoms with Gasteiger partial charge in [0.2, 0.25) is 0 Å². The van der Waals surface area contributed by atoms with Crippen LogP contribution >= 0.6 is 0 Å². The van der Waals surface area contributed by atoms with Crippen LogP contribution in [0.3, 0.4) is 0 Å². The number of anilines is 2. The third-order valence-electron chi connectivity index (χ3n) is 10.5. The van der Waals surface area contributed by atoms with Crippen molar-refractivity contribution >= 4 is 33.2 Å². The number of rotatable bonds is 7. The van der Waals surface area contributed by atoms with Crippen molar-refractivity contribution in [2.24, 2.45) is 0 Å². The maximum absolute atomic E-state index is 6.61. The summed E-state index contributed by atoms with van der Waals surface area (Å²) in [4.78, 5) is 9.44. The predicted molar refractivity (Wildman–Crippen MR) is 225 cm³/mol. The Morgan fingerprint density at radius 1 is 0.574 bits per heavy atom. The van der Waals surface area contributed by atoms with Gasteiger partial charge in [-0.1, -0.05) is 106 Å². The molecule has 0 spiro atoms. The van der Waals surface area contributed by atoms with E-state index in [1.54, 1.807) is 0 Å². The van der Waals surface area contributed by atoms with Crippen molar-refractivity contribution in [2.75, 3.05) is 16.5 Å². The molecule has 9 rings (SSSR count). The van der Waals surface area contributed by atoms with Gasteiger partial charge in [0.05, 0.1) is 17.7 Å². The number of nitrogens with zero attached hydrogens (tertiary/aromatic N) is 4. The van der Waals surface area contributed by atoms with Crippen LogP contribution in [0.4, 0.5) is 11.4 Å². The summed E-state index contributed by atoms with van der Waals surface area (Å²) in [5.74, 6) is 2.46. The van der Waals surface area contributed by atoms with Crippen molar-refractivity contribution in [3.8, 4) is 39.6 Å². The zero-order valence-electron chi connectivity index (χ0n) is 31.1. The molecule has 1 aliphatic rings. The predicted octanol–water partition coefficient (Wildman–Crippen LogP) is 12.7. The second-order valence-corrected chi connectivity index (χ2v) is 15.1. The number of hydrogen-bond donors (Lipinski definition) is 0. The Hall–Kier alpha value is -6.59. The van der Waals surface area contributed by atoms with E-state index in [-0.39, 0.29) is 5.41 Å². The number of pyridine rings is 1. The van der Waals surface area contributed by atoms with Crippen molar-refractivity contribution in [1.82, 2.24) is 9.55 Å². The largest absolute Gasteiger partial charge is 0.457 e. The van der Waals surface area contributed by atoms with E-state index in [9.17, 15) is 0 Å². The molecule has 1 aliphatic heterocycles. The fraction of sp³-hybridized carbons (Fsp3) is 0.122. The molecule has 6 aromatic carbocycles. The molecule has 0 N–H and O–H groups in total. The van der Waals surface area contributed by atoms with Crippen LogP contribution in [-0.4, -0.2) is 16.2 Å². The van der Waals surface area contributed by atoms with Gasteiger partial charge in [-0.2, -0.15) is 0 Å². The zero-order chi connectivity index (χ0) is 36.8. The van der Waals surface area contributed by atoms with Gasteiger partial charge in [-0.25, -0.2) is 4.98 Å². The van der Waals surface area contributed by atoms with Crippen LogP contribution in [-0.2, 0) is 5.41 Å². The highest BCUT2D eigenvalue weighted by Gasteiger charge is 2.22. The SMILES string of the molecule is Cc1c(-c2ccccc2)cc(-c2ccccc2)cc1N1C=CN(c2cccc(Oc3ccc4c5ccccc5n(-c5cc(C(C)(C)C)ccn5)c4c3)c2)C1. The average Bonchev–Trinajstić information content (AvgIpc) is 3.82. The maximum Gasteiger partial charge on any atom is 0.137 e. The molecule has 0 fully saturated rings. The molecule has 5 heteroatoms. The van der Waals surface area contributed by atoms with Gasteiger partial charge < -0.3 is 14.5 Å². The first kappa shape index (κ1) is 33.3. The minimum Gasteiger partial charge on any atom is -0.457 e. The average molecular weight is 703 g/mol. The zero-order valence-corrected chi connectivity index (χ0v) is 31.1. The molecule has 0 unspecified atom stereocenters. The van der Waals surface area contributed by atoms with Crippen LogP contribution in [0.15, 0.2) is 170 Å².